The van der Waals surface area contributed by atoms with Gasteiger partial charge in [-0.15, -0.1) is 0 Å². The lowest BCUT2D eigenvalue weighted by atomic mass is 9.72. The van der Waals surface area contributed by atoms with E-state index in [9.17, 15) is 0 Å². The van der Waals surface area contributed by atoms with Crippen LogP contribution in [0.3, 0.4) is 0 Å². The van der Waals surface area contributed by atoms with Gasteiger partial charge in [-0.2, -0.15) is 0 Å². The molecule has 0 unspecified atom stereocenters. The van der Waals surface area contributed by atoms with E-state index in [0.717, 1.165) is 0 Å². The minimum atomic E-state index is -0.256. The van der Waals surface area contributed by atoms with Gasteiger partial charge in [0.1, 0.15) is 0 Å². The smallest absolute Gasteiger partial charge is 0.0540 e. The van der Waals surface area contributed by atoms with E-state index in [-0.39, 0.29) is 10.8 Å². The minimum Gasteiger partial charge on any atom is -0.309 e. The van der Waals surface area contributed by atoms with E-state index >= 15 is 0 Å². The Kier molecular flexibility index (Phi) is 6.94. The lowest BCUT2D eigenvalue weighted by molar-refractivity contribution is 0.632. The van der Waals surface area contributed by atoms with E-state index in [1.807, 2.05) is 0 Å². The predicted octanol–water partition coefficient (Wildman–Crippen LogP) is 14.3. The molecule has 0 spiro atoms. The molecule has 0 fully saturated rings. The van der Waals surface area contributed by atoms with E-state index in [4.69, 9.17) is 0 Å². The maximum Gasteiger partial charge on any atom is 0.0540 e. The number of rotatable bonds is 4. The fourth-order valence-electron chi connectivity index (χ4n) is 9.13. The van der Waals surface area contributed by atoms with Gasteiger partial charge in [-0.25, -0.2) is 0 Å². The Morgan fingerprint density at radius 2 is 0.792 bits per heavy atom. The van der Waals surface area contributed by atoms with Gasteiger partial charge in [-0.3, -0.25) is 0 Å². The predicted molar refractivity (Wildman–Crippen MR) is 225 cm³/mol. The molecule has 254 valence electrons. The van der Waals surface area contributed by atoms with Crippen molar-refractivity contribution < 1.29 is 0 Å². The number of hydrogen-bond donors (Lipinski definition) is 0. The van der Waals surface area contributed by atoms with Crippen LogP contribution in [0, 0.1) is 0 Å². The molecule has 0 saturated heterocycles. The quantitative estimate of drug-likeness (QED) is 0.179. The van der Waals surface area contributed by atoms with Crippen LogP contribution in [0.1, 0.15) is 49.9 Å². The first-order valence-corrected chi connectivity index (χ1v) is 18.8. The van der Waals surface area contributed by atoms with E-state index < -0.39 is 0 Å². The molecule has 8 aromatic carbocycles. The third kappa shape index (κ3) is 4.84. The van der Waals surface area contributed by atoms with Crippen LogP contribution >= 0.6 is 0 Å². The molecule has 0 N–H and O–H groups in total. The summed E-state index contributed by atoms with van der Waals surface area (Å²) in [6, 6.07) is 65.3. The average Bonchev–Trinajstić information content (AvgIpc) is 3.43. The van der Waals surface area contributed by atoms with Gasteiger partial charge in [-0.05, 0) is 109 Å². The average molecular weight is 680 g/mol. The highest BCUT2D eigenvalue weighted by molar-refractivity contribution is 6.01. The molecule has 2 aliphatic rings. The number of hydrogen-bond acceptors (Lipinski definition) is 1. The highest BCUT2D eigenvalue weighted by Gasteiger charge is 2.39. The molecular weight excluding hydrogens is 639 g/mol. The molecule has 0 aromatic heterocycles. The van der Waals surface area contributed by atoms with Crippen molar-refractivity contribution in [2.24, 2.45) is 0 Å². The van der Waals surface area contributed by atoms with Gasteiger partial charge in [0.05, 0.1) is 17.1 Å². The summed E-state index contributed by atoms with van der Waals surface area (Å²) in [5.74, 6) is 0. The second-order valence-corrected chi connectivity index (χ2v) is 15.8. The lowest BCUT2D eigenvalue weighted by Crippen LogP contribution is -2.30. The number of benzene rings is 8. The van der Waals surface area contributed by atoms with Crippen LogP contribution in [0.25, 0.3) is 55.3 Å². The zero-order valence-electron chi connectivity index (χ0n) is 30.7. The fourth-order valence-corrected chi connectivity index (χ4v) is 9.13. The maximum absolute atomic E-state index is 2.51. The topological polar surface area (TPSA) is 3.24 Å². The van der Waals surface area contributed by atoms with Crippen molar-refractivity contribution in [3.05, 3.63) is 198 Å². The second-order valence-electron chi connectivity index (χ2n) is 15.8. The molecule has 53 heavy (non-hydrogen) atoms. The van der Waals surface area contributed by atoms with Crippen molar-refractivity contribution in [3.8, 4) is 44.5 Å². The third-order valence-electron chi connectivity index (χ3n) is 12.1. The first-order valence-electron chi connectivity index (χ1n) is 18.8. The Hall–Kier alpha value is -6.18. The summed E-state index contributed by atoms with van der Waals surface area (Å²) in [7, 11) is 0. The van der Waals surface area contributed by atoms with Gasteiger partial charge in [0.15, 0.2) is 0 Å². The van der Waals surface area contributed by atoms with E-state index in [0.29, 0.717) is 0 Å². The van der Waals surface area contributed by atoms with E-state index in [2.05, 4.69) is 209 Å². The highest BCUT2D eigenvalue weighted by Crippen LogP contribution is 2.55. The molecule has 0 bridgehead atoms. The molecule has 1 nitrogen and oxygen atoms in total. The first kappa shape index (κ1) is 31.5. The minimum absolute atomic E-state index is 0.0464. The standard InChI is InChI=1S/C52H41N/c1-51(2)44-19-11-10-18-42(44)43-28-25-39(31-45(43)51)40-27-30-50-47(33-40)52(3,4)46-32-38(36-23-21-35(22-24-36)34-13-6-5-7-14-34)26-29-49(46)53(50)48-20-12-16-37-15-8-9-17-41(37)48/h5-33H,1-4H3. The molecule has 1 aliphatic heterocycles. The van der Waals surface area contributed by atoms with Crippen molar-refractivity contribution in [1.82, 2.24) is 0 Å². The van der Waals surface area contributed by atoms with Crippen LogP contribution in [-0.4, -0.2) is 0 Å². The summed E-state index contributed by atoms with van der Waals surface area (Å²) in [6.07, 6.45) is 0. The number of nitrogens with zero attached hydrogens (tertiary/aromatic N) is 1. The van der Waals surface area contributed by atoms with Crippen molar-refractivity contribution in [1.29, 1.82) is 0 Å². The molecule has 0 atom stereocenters. The van der Waals surface area contributed by atoms with Gasteiger partial charge in [0.25, 0.3) is 0 Å². The van der Waals surface area contributed by atoms with Crippen molar-refractivity contribution in [2.45, 2.75) is 38.5 Å². The molecule has 1 heteroatoms. The van der Waals surface area contributed by atoms with Gasteiger partial charge >= 0.3 is 0 Å². The Labute approximate surface area is 312 Å². The van der Waals surface area contributed by atoms with Gasteiger partial charge in [-0.1, -0.05) is 167 Å². The van der Waals surface area contributed by atoms with E-state index in [1.165, 1.54) is 94.6 Å². The van der Waals surface area contributed by atoms with E-state index in [1.54, 1.807) is 0 Å². The van der Waals surface area contributed by atoms with Crippen LogP contribution in [0.15, 0.2) is 176 Å². The Morgan fingerprint density at radius 3 is 1.51 bits per heavy atom. The molecular formula is C52H41N. The van der Waals surface area contributed by atoms with Crippen LogP contribution < -0.4 is 4.90 Å². The van der Waals surface area contributed by atoms with Crippen molar-refractivity contribution >= 4 is 27.8 Å². The molecule has 8 aromatic rings. The normalized spacial score (nSPS) is 14.7. The second kappa shape index (κ2) is 11.7. The number of fused-ring (bicyclic) bond motifs is 6. The molecule has 0 radical (unpaired) electrons. The summed E-state index contributed by atoms with van der Waals surface area (Å²) < 4.78 is 0. The van der Waals surface area contributed by atoms with Crippen LogP contribution in [0.5, 0.6) is 0 Å². The third-order valence-corrected chi connectivity index (χ3v) is 12.1. The molecule has 0 saturated carbocycles. The Balaban J connectivity index is 1.13. The molecule has 1 heterocycles. The van der Waals surface area contributed by atoms with Gasteiger partial charge in [0.2, 0.25) is 0 Å². The van der Waals surface area contributed by atoms with Crippen molar-refractivity contribution in [2.75, 3.05) is 4.90 Å². The highest BCUT2D eigenvalue weighted by atomic mass is 15.2. The summed E-state index contributed by atoms with van der Waals surface area (Å²) in [4.78, 5) is 2.51. The summed E-state index contributed by atoms with van der Waals surface area (Å²) in [5, 5.41) is 2.49. The molecule has 10 rings (SSSR count). The SMILES string of the molecule is CC1(C)c2ccccc2-c2ccc(-c3ccc4c(c3)C(C)(C)c3cc(-c5ccc(-c6ccccc6)cc5)ccc3N4c3cccc4ccccc34)cc21. The zero-order valence-corrected chi connectivity index (χ0v) is 30.7. The van der Waals surface area contributed by atoms with Crippen LogP contribution in [0.2, 0.25) is 0 Å². The van der Waals surface area contributed by atoms with Crippen LogP contribution in [-0.2, 0) is 10.8 Å². The Bertz CT molecular complexity index is 2710. The van der Waals surface area contributed by atoms with Crippen molar-refractivity contribution in [3.63, 3.8) is 0 Å². The Morgan fingerprint density at radius 1 is 0.321 bits per heavy atom. The van der Waals surface area contributed by atoms with Gasteiger partial charge in [0, 0.05) is 16.2 Å². The molecule has 1 aliphatic carbocycles. The lowest BCUT2D eigenvalue weighted by Gasteiger charge is -2.43. The molecule has 0 amide bonds. The van der Waals surface area contributed by atoms with Gasteiger partial charge < -0.3 is 4.90 Å². The fraction of sp³-hybridized carbons (Fsp3) is 0.115. The summed E-state index contributed by atoms with van der Waals surface area (Å²) in [5.41, 5.74) is 19.0. The van der Waals surface area contributed by atoms with Crippen LogP contribution in [0.4, 0.5) is 17.1 Å². The summed E-state index contributed by atoms with van der Waals surface area (Å²) >= 11 is 0. The first-order chi connectivity index (χ1) is 25.8. The number of anilines is 3. The monoisotopic (exact) mass is 679 g/mol. The maximum atomic E-state index is 2.51. The summed E-state index contributed by atoms with van der Waals surface area (Å²) in [6.45, 7) is 9.53. The zero-order chi connectivity index (χ0) is 35.9. The largest absolute Gasteiger partial charge is 0.309 e.